The molecule has 4 heteroatoms. The van der Waals surface area contributed by atoms with Crippen molar-refractivity contribution in [2.75, 3.05) is 23.4 Å². The number of hydrogen-bond donors (Lipinski definition) is 1. The Morgan fingerprint density at radius 3 is 2.42 bits per heavy atom. The van der Waals surface area contributed by atoms with Crippen molar-refractivity contribution in [2.24, 2.45) is 0 Å². The Hall–Kier alpha value is -1.94. The van der Waals surface area contributed by atoms with E-state index in [0.29, 0.717) is 13.0 Å². The summed E-state index contributed by atoms with van der Waals surface area (Å²) in [6, 6.07) is 15.9. The molecular weight excluding hydrogens is 318 g/mol. The van der Waals surface area contributed by atoms with Gasteiger partial charge in [-0.3, -0.25) is 4.79 Å². The molecule has 2 rings (SSSR count). The standard InChI is InChI=1S/C20H25NO2S/c1-16-8-6-9-17(2)20(16)21-19(22)12-7-14-24-15-13-23-18-10-4-3-5-11-18/h3-6,8-11H,7,12-15H2,1-2H3,(H,21,22). The van der Waals surface area contributed by atoms with Crippen LogP contribution in [0.1, 0.15) is 24.0 Å². The maximum atomic E-state index is 12.0. The van der Waals surface area contributed by atoms with E-state index in [1.54, 1.807) is 0 Å². The van der Waals surface area contributed by atoms with Crippen molar-refractivity contribution in [1.82, 2.24) is 0 Å². The van der Waals surface area contributed by atoms with Gasteiger partial charge in [0.05, 0.1) is 6.61 Å². The van der Waals surface area contributed by atoms with Crippen LogP contribution >= 0.6 is 11.8 Å². The molecule has 0 aliphatic carbocycles. The lowest BCUT2D eigenvalue weighted by molar-refractivity contribution is -0.116. The molecule has 0 spiro atoms. The highest BCUT2D eigenvalue weighted by atomic mass is 32.2. The van der Waals surface area contributed by atoms with Crippen molar-refractivity contribution >= 4 is 23.4 Å². The van der Waals surface area contributed by atoms with Crippen LogP contribution in [0.3, 0.4) is 0 Å². The van der Waals surface area contributed by atoms with Crippen molar-refractivity contribution in [1.29, 1.82) is 0 Å². The van der Waals surface area contributed by atoms with Gasteiger partial charge >= 0.3 is 0 Å². The smallest absolute Gasteiger partial charge is 0.224 e. The molecule has 3 nitrogen and oxygen atoms in total. The number of nitrogens with one attached hydrogen (secondary N) is 1. The van der Waals surface area contributed by atoms with Gasteiger partial charge in [-0.2, -0.15) is 11.8 Å². The first-order valence-corrected chi connectivity index (χ1v) is 9.44. The monoisotopic (exact) mass is 343 g/mol. The Morgan fingerprint density at radius 1 is 1.00 bits per heavy atom. The Morgan fingerprint density at radius 2 is 1.71 bits per heavy atom. The van der Waals surface area contributed by atoms with Crippen molar-refractivity contribution < 1.29 is 9.53 Å². The van der Waals surface area contributed by atoms with Gasteiger partial charge < -0.3 is 10.1 Å². The topological polar surface area (TPSA) is 38.3 Å². The van der Waals surface area contributed by atoms with Gasteiger partial charge in [0.25, 0.3) is 0 Å². The number of benzene rings is 2. The Kier molecular flexibility index (Phi) is 7.69. The average molecular weight is 343 g/mol. The minimum atomic E-state index is 0.0912. The first-order valence-electron chi connectivity index (χ1n) is 8.28. The Balaban J connectivity index is 1.56. The van der Waals surface area contributed by atoms with Gasteiger partial charge in [-0.1, -0.05) is 36.4 Å². The molecule has 0 heterocycles. The van der Waals surface area contributed by atoms with Crippen LogP contribution in [0.15, 0.2) is 48.5 Å². The highest BCUT2D eigenvalue weighted by Crippen LogP contribution is 2.19. The molecule has 128 valence electrons. The van der Waals surface area contributed by atoms with E-state index in [1.807, 2.05) is 74.1 Å². The number of carbonyl (C=O) groups excluding carboxylic acids is 1. The molecule has 0 bridgehead atoms. The number of carbonyl (C=O) groups is 1. The third kappa shape index (κ3) is 6.28. The lowest BCUT2D eigenvalue weighted by Gasteiger charge is -2.11. The number of thioether (sulfide) groups is 1. The van der Waals surface area contributed by atoms with Crippen LogP contribution in [-0.4, -0.2) is 24.0 Å². The van der Waals surface area contributed by atoms with Crippen molar-refractivity contribution in [2.45, 2.75) is 26.7 Å². The van der Waals surface area contributed by atoms with Crippen LogP contribution in [0.2, 0.25) is 0 Å². The van der Waals surface area contributed by atoms with Crippen molar-refractivity contribution in [3.63, 3.8) is 0 Å². The van der Waals surface area contributed by atoms with Crippen LogP contribution in [0.4, 0.5) is 5.69 Å². The van der Waals surface area contributed by atoms with Gasteiger partial charge in [0.1, 0.15) is 5.75 Å². The van der Waals surface area contributed by atoms with Crippen LogP contribution in [0.5, 0.6) is 5.75 Å². The first kappa shape index (κ1) is 18.4. The molecule has 0 saturated heterocycles. The number of aryl methyl sites for hydroxylation is 2. The van der Waals surface area contributed by atoms with E-state index in [0.717, 1.165) is 40.5 Å². The normalized spacial score (nSPS) is 10.4. The third-order valence-corrected chi connectivity index (χ3v) is 4.71. The second kappa shape index (κ2) is 10.0. The van der Waals surface area contributed by atoms with Crippen molar-refractivity contribution in [3.8, 4) is 5.75 Å². The third-order valence-electron chi connectivity index (χ3n) is 3.68. The fourth-order valence-electron chi connectivity index (χ4n) is 2.39. The summed E-state index contributed by atoms with van der Waals surface area (Å²) in [5.74, 6) is 2.91. The summed E-state index contributed by atoms with van der Waals surface area (Å²) in [5.41, 5.74) is 3.16. The summed E-state index contributed by atoms with van der Waals surface area (Å²) in [7, 11) is 0. The lowest BCUT2D eigenvalue weighted by atomic mass is 10.1. The van der Waals surface area contributed by atoms with Gasteiger partial charge in [0.15, 0.2) is 0 Å². The van der Waals surface area contributed by atoms with Crippen LogP contribution in [0.25, 0.3) is 0 Å². The fraction of sp³-hybridized carbons (Fsp3) is 0.350. The number of ether oxygens (including phenoxy) is 1. The van der Waals surface area contributed by atoms with Crippen LogP contribution in [0, 0.1) is 13.8 Å². The summed E-state index contributed by atoms with van der Waals surface area (Å²) in [6.07, 6.45) is 1.44. The quantitative estimate of drug-likeness (QED) is 0.663. The molecule has 0 atom stereocenters. The molecule has 1 amide bonds. The van der Waals surface area contributed by atoms with E-state index >= 15 is 0 Å². The second-order valence-corrected chi connectivity index (χ2v) is 6.92. The highest BCUT2D eigenvalue weighted by Gasteiger charge is 2.06. The number of amides is 1. The zero-order valence-electron chi connectivity index (χ0n) is 14.4. The van der Waals surface area contributed by atoms with Gasteiger partial charge in [-0.05, 0) is 49.3 Å². The predicted octanol–water partition coefficient (Wildman–Crippen LogP) is 4.83. The van der Waals surface area contributed by atoms with Crippen molar-refractivity contribution in [3.05, 3.63) is 59.7 Å². The molecule has 1 N–H and O–H groups in total. The predicted molar refractivity (Wildman–Crippen MR) is 103 cm³/mol. The molecule has 2 aromatic carbocycles. The summed E-state index contributed by atoms with van der Waals surface area (Å²) >= 11 is 1.82. The van der Waals surface area contributed by atoms with E-state index in [1.165, 1.54) is 0 Å². The van der Waals surface area contributed by atoms with Gasteiger partial charge in [0, 0.05) is 17.9 Å². The molecular formula is C20H25NO2S. The number of rotatable bonds is 9. The molecule has 2 aromatic rings. The van der Waals surface area contributed by atoms with E-state index in [-0.39, 0.29) is 5.91 Å². The molecule has 0 saturated carbocycles. The summed E-state index contributed by atoms with van der Waals surface area (Å²) in [4.78, 5) is 12.0. The molecule has 0 aliphatic rings. The SMILES string of the molecule is Cc1cccc(C)c1NC(=O)CCCSCCOc1ccccc1. The fourth-order valence-corrected chi connectivity index (χ4v) is 3.14. The number of para-hydroxylation sites is 2. The average Bonchev–Trinajstić information content (AvgIpc) is 2.58. The van der Waals surface area contributed by atoms with Gasteiger partial charge in [-0.15, -0.1) is 0 Å². The summed E-state index contributed by atoms with van der Waals surface area (Å²) in [5, 5.41) is 3.03. The Labute approximate surface area is 148 Å². The second-order valence-electron chi connectivity index (χ2n) is 5.69. The van der Waals surface area contributed by atoms with E-state index in [2.05, 4.69) is 5.32 Å². The van der Waals surface area contributed by atoms with E-state index < -0.39 is 0 Å². The maximum absolute atomic E-state index is 12.0. The molecule has 24 heavy (non-hydrogen) atoms. The summed E-state index contributed by atoms with van der Waals surface area (Å²) < 4.78 is 5.64. The van der Waals surface area contributed by atoms with Gasteiger partial charge in [0.2, 0.25) is 5.91 Å². The largest absolute Gasteiger partial charge is 0.493 e. The molecule has 0 aliphatic heterocycles. The van der Waals surface area contributed by atoms with Gasteiger partial charge in [-0.25, -0.2) is 0 Å². The maximum Gasteiger partial charge on any atom is 0.224 e. The number of hydrogen-bond acceptors (Lipinski definition) is 3. The van der Waals surface area contributed by atoms with Crippen LogP contribution in [-0.2, 0) is 4.79 Å². The van der Waals surface area contributed by atoms with Crippen LogP contribution < -0.4 is 10.1 Å². The lowest BCUT2D eigenvalue weighted by Crippen LogP contribution is -2.13. The minimum absolute atomic E-state index is 0.0912. The zero-order chi connectivity index (χ0) is 17.2. The van der Waals surface area contributed by atoms with E-state index in [4.69, 9.17) is 4.74 Å². The van der Waals surface area contributed by atoms with E-state index in [9.17, 15) is 4.79 Å². The minimum Gasteiger partial charge on any atom is -0.493 e. The first-order chi connectivity index (χ1) is 11.7. The summed E-state index contributed by atoms with van der Waals surface area (Å²) in [6.45, 7) is 4.74. The molecule has 0 radical (unpaired) electrons. The highest BCUT2D eigenvalue weighted by molar-refractivity contribution is 7.99. The molecule has 0 fully saturated rings. The molecule has 0 aromatic heterocycles. The zero-order valence-corrected chi connectivity index (χ0v) is 15.2. The Bertz CT molecular complexity index is 623. The molecule has 0 unspecified atom stereocenters. The number of anilines is 1.